The Morgan fingerprint density at radius 1 is 1.50 bits per heavy atom. The number of carbonyl (C=O) groups excluding carboxylic acids is 1. The highest BCUT2D eigenvalue weighted by molar-refractivity contribution is 7.96. The summed E-state index contributed by atoms with van der Waals surface area (Å²) in [6.45, 7) is 2.83. The van der Waals surface area contributed by atoms with Crippen molar-refractivity contribution in [2.24, 2.45) is 0 Å². The van der Waals surface area contributed by atoms with E-state index in [1.54, 1.807) is 5.01 Å². The molecule has 0 aromatic heterocycles. The van der Waals surface area contributed by atoms with Crippen LogP contribution in [0.3, 0.4) is 0 Å². The highest BCUT2D eigenvalue weighted by Crippen LogP contribution is 1.92. The third kappa shape index (κ3) is 2.55. The molecule has 1 amide bonds. The molecule has 5 heteroatoms. The van der Waals surface area contributed by atoms with Crippen molar-refractivity contribution in [1.29, 1.82) is 0 Å². The number of hydrogen-bond donors (Lipinski definition) is 2. The Bertz CT molecular complexity index is 125. The molecule has 0 aromatic carbocycles. The number of hydrogen-bond acceptors (Lipinski definition) is 3. The standard InChI is InChI=1S/C5H10N2O2S/c8-5(10)6-7-1-3-9-4-2-7/h1-4H2,(H2,6,8,10). The Morgan fingerprint density at radius 2 is 2.10 bits per heavy atom. The van der Waals surface area contributed by atoms with E-state index in [0.717, 1.165) is 13.1 Å². The van der Waals surface area contributed by atoms with Crippen molar-refractivity contribution in [3.05, 3.63) is 0 Å². The fraction of sp³-hybridized carbons (Fsp3) is 0.800. The summed E-state index contributed by atoms with van der Waals surface area (Å²) in [5, 5.41) is 1.47. The minimum Gasteiger partial charge on any atom is -0.379 e. The molecular formula is C5H10N2O2S. The van der Waals surface area contributed by atoms with Gasteiger partial charge in [-0.2, -0.15) is 0 Å². The average molecular weight is 162 g/mol. The summed E-state index contributed by atoms with van der Waals surface area (Å²) in [5.41, 5.74) is 2.56. The molecule has 1 saturated heterocycles. The Morgan fingerprint density at radius 3 is 2.60 bits per heavy atom. The second-order valence-corrected chi connectivity index (χ2v) is 2.42. The molecule has 1 rings (SSSR count). The van der Waals surface area contributed by atoms with E-state index in [1.165, 1.54) is 0 Å². The van der Waals surface area contributed by atoms with Crippen molar-refractivity contribution in [1.82, 2.24) is 10.4 Å². The van der Waals surface area contributed by atoms with Crippen molar-refractivity contribution in [2.45, 2.75) is 0 Å². The molecule has 0 saturated carbocycles. The van der Waals surface area contributed by atoms with E-state index >= 15 is 0 Å². The van der Waals surface area contributed by atoms with Gasteiger partial charge in [-0.05, 0) is 0 Å². The summed E-state index contributed by atoms with van der Waals surface area (Å²) in [5.74, 6) is 0. The van der Waals surface area contributed by atoms with Gasteiger partial charge in [0, 0.05) is 13.1 Å². The molecule has 1 N–H and O–H groups in total. The van der Waals surface area contributed by atoms with Crippen molar-refractivity contribution in [3.63, 3.8) is 0 Å². The number of nitrogens with zero attached hydrogens (tertiary/aromatic N) is 1. The monoisotopic (exact) mass is 162 g/mol. The van der Waals surface area contributed by atoms with Gasteiger partial charge in [0.1, 0.15) is 0 Å². The van der Waals surface area contributed by atoms with E-state index in [1.807, 2.05) is 0 Å². The van der Waals surface area contributed by atoms with E-state index in [2.05, 4.69) is 18.1 Å². The van der Waals surface area contributed by atoms with E-state index in [4.69, 9.17) is 4.74 Å². The highest BCUT2D eigenvalue weighted by Gasteiger charge is 2.10. The third-order valence-corrected chi connectivity index (χ3v) is 1.36. The van der Waals surface area contributed by atoms with Gasteiger partial charge in [-0.1, -0.05) is 12.6 Å². The molecule has 0 atom stereocenters. The van der Waals surface area contributed by atoms with Gasteiger partial charge >= 0.3 is 0 Å². The molecule has 1 aliphatic rings. The SMILES string of the molecule is O=C(S)NN1CCOCC1. The van der Waals surface area contributed by atoms with Crippen LogP contribution in [0.2, 0.25) is 0 Å². The Hall–Kier alpha value is -0.260. The number of hydrazine groups is 1. The molecule has 10 heavy (non-hydrogen) atoms. The summed E-state index contributed by atoms with van der Waals surface area (Å²) >= 11 is 3.58. The minimum absolute atomic E-state index is 0.318. The number of nitrogens with one attached hydrogen (secondary N) is 1. The fourth-order valence-electron chi connectivity index (χ4n) is 0.810. The normalized spacial score (nSPS) is 20.5. The van der Waals surface area contributed by atoms with Gasteiger partial charge in [0.2, 0.25) is 0 Å². The Kier molecular flexibility index (Phi) is 2.98. The molecule has 0 aromatic rings. The van der Waals surface area contributed by atoms with E-state index < -0.39 is 0 Å². The third-order valence-electron chi connectivity index (χ3n) is 1.26. The molecule has 0 bridgehead atoms. The van der Waals surface area contributed by atoms with Crippen LogP contribution < -0.4 is 5.43 Å². The first-order chi connectivity index (χ1) is 4.79. The zero-order valence-corrected chi connectivity index (χ0v) is 6.43. The van der Waals surface area contributed by atoms with Gasteiger partial charge in [-0.3, -0.25) is 10.2 Å². The lowest BCUT2D eigenvalue weighted by molar-refractivity contribution is 0.0218. The van der Waals surface area contributed by atoms with Crippen LogP contribution in [-0.2, 0) is 4.74 Å². The van der Waals surface area contributed by atoms with Crippen LogP contribution in [0, 0.1) is 0 Å². The fourth-order valence-corrected chi connectivity index (χ4v) is 0.952. The van der Waals surface area contributed by atoms with Crippen molar-refractivity contribution >= 4 is 17.9 Å². The summed E-state index contributed by atoms with van der Waals surface area (Å²) in [6.07, 6.45) is 0. The number of ether oxygens (including phenoxy) is 1. The van der Waals surface area contributed by atoms with E-state index in [-0.39, 0.29) is 5.24 Å². The van der Waals surface area contributed by atoms with E-state index in [9.17, 15) is 4.79 Å². The molecule has 0 radical (unpaired) electrons. The predicted molar refractivity (Wildman–Crippen MR) is 39.9 cm³/mol. The lowest BCUT2D eigenvalue weighted by Gasteiger charge is -2.25. The first-order valence-corrected chi connectivity index (χ1v) is 3.56. The van der Waals surface area contributed by atoms with Gasteiger partial charge < -0.3 is 4.74 Å². The van der Waals surface area contributed by atoms with Gasteiger partial charge in [-0.15, -0.1) is 0 Å². The van der Waals surface area contributed by atoms with Crippen molar-refractivity contribution < 1.29 is 9.53 Å². The quantitative estimate of drug-likeness (QED) is 0.528. The molecule has 0 unspecified atom stereocenters. The van der Waals surface area contributed by atoms with Gasteiger partial charge in [-0.25, -0.2) is 5.01 Å². The summed E-state index contributed by atoms with van der Waals surface area (Å²) in [6, 6.07) is 0. The molecule has 1 heterocycles. The first-order valence-electron chi connectivity index (χ1n) is 3.11. The molecule has 0 aliphatic carbocycles. The average Bonchev–Trinajstić information content (AvgIpc) is 1.88. The van der Waals surface area contributed by atoms with Crippen LogP contribution in [0.5, 0.6) is 0 Å². The van der Waals surface area contributed by atoms with Crippen molar-refractivity contribution in [3.8, 4) is 0 Å². The molecular weight excluding hydrogens is 152 g/mol. The smallest absolute Gasteiger partial charge is 0.290 e. The second kappa shape index (κ2) is 3.80. The van der Waals surface area contributed by atoms with Gasteiger partial charge in [0.25, 0.3) is 5.24 Å². The zero-order valence-electron chi connectivity index (χ0n) is 5.54. The number of rotatable bonds is 1. The number of morpholine rings is 1. The van der Waals surface area contributed by atoms with Crippen LogP contribution in [0.1, 0.15) is 0 Å². The maximum Gasteiger partial charge on any atom is 0.290 e. The maximum atomic E-state index is 10.4. The number of amides is 1. The lowest BCUT2D eigenvalue weighted by atomic mass is 10.5. The Labute approximate surface area is 64.9 Å². The predicted octanol–water partition coefficient (Wildman–Crippen LogP) is -0.127. The van der Waals surface area contributed by atoms with Crippen molar-refractivity contribution in [2.75, 3.05) is 26.3 Å². The minimum atomic E-state index is -0.318. The second-order valence-electron chi connectivity index (χ2n) is 2.02. The Balaban J connectivity index is 2.19. The van der Waals surface area contributed by atoms with E-state index in [0.29, 0.717) is 13.2 Å². The highest BCUT2D eigenvalue weighted by atomic mass is 32.1. The van der Waals surface area contributed by atoms with Crippen LogP contribution >= 0.6 is 12.6 Å². The van der Waals surface area contributed by atoms with Gasteiger partial charge in [0.05, 0.1) is 13.2 Å². The van der Waals surface area contributed by atoms with Crippen LogP contribution in [-0.4, -0.2) is 36.6 Å². The zero-order chi connectivity index (χ0) is 7.40. The molecule has 4 nitrogen and oxygen atoms in total. The lowest BCUT2D eigenvalue weighted by Crippen LogP contribution is -2.46. The van der Waals surface area contributed by atoms with Crippen LogP contribution in [0.25, 0.3) is 0 Å². The maximum absolute atomic E-state index is 10.4. The molecule has 58 valence electrons. The molecule has 1 aliphatic heterocycles. The van der Waals surface area contributed by atoms with Crippen LogP contribution in [0.4, 0.5) is 4.79 Å². The summed E-state index contributed by atoms with van der Waals surface area (Å²) in [7, 11) is 0. The van der Waals surface area contributed by atoms with Gasteiger partial charge in [0.15, 0.2) is 0 Å². The summed E-state index contributed by atoms with van der Waals surface area (Å²) in [4.78, 5) is 10.4. The molecule has 1 fully saturated rings. The number of carbonyl (C=O) groups is 1. The number of thiol groups is 1. The van der Waals surface area contributed by atoms with Crippen LogP contribution in [0.15, 0.2) is 0 Å². The molecule has 0 spiro atoms. The summed E-state index contributed by atoms with van der Waals surface area (Å²) < 4.78 is 5.06. The largest absolute Gasteiger partial charge is 0.379 e. The topological polar surface area (TPSA) is 41.6 Å². The first kappa shape index (κ1) is 7.84.